The Labute approximate surface area is 102 Å². The monoisotopic (exact) mass is 236 g/mol. The molecule has 5 nitrogen and oxygen atoms in total. The second kappa shape index (κ2) is 5.86. The summed E-state index contributed by atoms with van der Waals surface area (Å²) in [5.41, 5.74) is 3.95. The first-order valence-corrected chi connectivity index (χ1v) is 5.88. The highest BCUT2D eigenvalue weighted by Gasteiger charge is 2.16. The molecule has 0 unspecified atom stereocenters. The summed E-state index contributed by atoms with van der Waals surface area (Å²) in [6.45, 7) is 4.91. The minimum Gasteiger partial charge on any atom is -0.497 e. The van der Waals surface area contributed by atoms with Crippen molar-refractivity contribution in [2.24, 2.45) is 5.84 Å². The zero-order chi connectivity index (χ0) is 12.1. The maximum Gasteiger partial charge on any atom is 0.119 e. The van der Waals surface area contributed by atoms with Crippen molar-refractivity contribution in [2.45, 2.75) is 0 Å². The molecule has 5 heteroatoms. The molecule has 1 aromatic carbocycles. The van der Waals surface area contributed by atoms with Crippen LogP contribution in [0.3, 0.4) is 0 Å². The van der Waals surface area contributed by atoms with Crippen LogP contribution in [0.2, 0.25) is 0 Å². The van der Waals surface area contributed by atoms with Gasteiger partial charge in [-0.15, -0.1) is 0 Å². The Hall–Kier alpha value is -1.30. The van der Waals surface area contributed by atoms with E-state index in [1.807, 2.05) is 12.1 Å². The van der Waals surface area contributed by atoms with Crippen LogP contribution in [0.25, 0.3) is 0 Å². The van der Waals surface area contributed by atoms with Gasteiger partial charge in [-0.1, -0.05) is 0 Å². The molecule has 1 heterocycles. The van der Waals surface area contributed by atoms with E-state index in [4.69, 9.17) is 10.6 Å². The Morgan fingerprint density at radius 3 is 2.35 bits per heavy atom. The molecule has 0 bridgehead atoms. The third-order valence-electron chi connectivity index (χ3n) is 3.12. The third-order valence-corrected chi connectivity index (χ3v) is 3.12. The van der Waals surface area contributed by atoms with Gasteiger partial charge in [-0.05, 0) is 24.3 Å². The molecule has 3 N–H and O–H groups in total. The zero-order valence-electron chi connectivity index (χ0n) is 10.2. The van der Waals surface area contributed by atoms with Crippen molar-refractivity contribution in [2.75, 3.05) is 44.9 Å². The summed E-state index contributed by atoms with van der Waals surface area (Å²) in [4.78, 5) is 4.69. The molecule has 1 aliphatic rings. The molecule has 17 heavy (non-hydrogen) atoms. The summed E-state index contributed by atoms with van der Waals surface area (Å²) >= 11 is 0. The van der Waals surface area contributed by atoms with E-state index in [0.29, 0.717) is 0 Å². The summed E-state index contributed by atoms with van der Waals surface area (Å²) in [5.74, 6) is 6.22. The third kappa shape index (κ3) is 3.09. The van der Waals surface area contributed by atoms with Crippen LogP contribution in [0.4, 0.5) is 5.69 Å². The Kier molecular flexibility index (Phi) is 4.19. The molecule has 94 valence electrons. The fourth-order valence-corrected chi connectivity index (χ4v) is 2.09. The van der Waals surface area contributed by atoms with Gasteiger partial charge in [0.25, 0.3) is 0 Å². The van der Waals surface area contributed by atoms with Gasteiger partial charge in [-0.2, -0.15) is 0 Å². The van der Waals surface area contributed by atoms with Crippen LogP contribution in [0.15, 0.2) is 24.3 Å². The molecule has 0 atom stereocenters. The van der Waals surface area contributed by atoms with Gasteiger partial charge in [0.2, 0.25) is 0 Å². The Bertz CT molecular complexity index is 333. The Morgan fingerprint density at radius 2 is 1.82 bits per heavy atom. The molecule has 1 fully saturated rings. The van der Waals surface area contributed by atoms with Crippen LogP contribution in [-0.2, 0) is 0 Å². The summed E-state index contributed by atoms with van der Waals surface area (Å²) in [5, 5.41) is 0. The van der Waals surface area contributed by atoms with E-state index in [9.17, 15) is 0 Å². The number of piperazine rings is 1. The van der Waals surface area contributed by atoms with E-state index in [1.165, 1.54) is 5.69 Å². The number of hydrogen-bond donors (Lipinski definition) is 2. The highest BCUT2D eigenvalue weighted by Crippen LogP contribution is 2.20. The van der Waals surface area contributed by atoms with Crippen molar-refractivity contribution in [3.05, 3.63) is 24.3 Å². The van der Waals surface area contributed by atoms with E-state index < -0.39 is 0 Å². The minimum absolute atomic E-state index is 0.760. The molecule has 0 radical (unpaired) electrons. The van der Waals surface area contributed by atoms with Crippen molar-refractivity contribution in [1.29, 1.82) is 0 Å². The van der Waals surface area contributed by atoms with E-state index in [2.05, 4.69) is 27.4 Å². The van der Waals surface area contributed by atoms with Gasteiger partial charge in [0.15, 0.2) is 0 Å². The van der Waals surface area contributed by atoms with Crippen LogP contribution in [0.5, 0.6) is 5.75 Å². The fourth-order valence-electron chi connectivity index (χ4n) is 2.09. The van der Waals surface area contributed by atoms with Crippen molar-refractivity contribution < 1.29 is 4.74 Å². The molecule has 0 aliphatic carbocycles. The number of hydrazine groups is 1. The van der Waals surface area contributed by atoms with Crippen molar-refractivity contribution in [3.8, 4) is 5.75 Å². The molecule has 1 saturated heterocycles. The van der Waals surface area contributed by atoms with E-state index in [1.54, 1.807) is 7.11 Å². The number of benzene rings is 1. The van der Waals surface area contributed by atoms with Gasteiger partial charge in [0.1, 0.15) is 5.75 Å². The molecule has 0 spiro atoms. The topological polar surface area (TPSA) is 53.8 Å². The second-order valence-corrected chi connectivity index (χ2v) is 4.17. The summed E-state index contributed by atoms with van der Waals surface area (Å²) in [7, 11) is 1.69. The molecule has 1 aromatic rings. The number of nitrogens with zero attached hydrogens (tertiary/aromatic N) is 2. The number of rotatable bonds is 4. The lowest BCUT2D eigenvalue weighted by molar-refractivity contribution is 0.240. The number of anilines is 1. The molecular weight excluding hydrogens is 216 g/mol. The quantitative estimate of drug-likeness (QED) is 0.579. The van der Waals surface area contributed by atoms with E-state index in [0.717, 1.165) is 38.6 Å². The SMILES string of the molecule is COc1ccc(N2CCN(CNN)CC2)cc1. The molecule has 0 aromatic heterocycles. The standard InChI is InChI=1S/C12H20N4O/c1-17-12-4-2-11(3-5-12)16-8-6-15(7-9-16)10-14-13/h2-5,14H,6-10,13H2,1H3. The van der Waals surface area contributed by atoms with Gasteiger partial charge >= 0.3 is 0 Å². The smallest absolute Gasteiger partial charge is 0.119 e. The maximum absolute atomic E-state index is 5.32. The van der Waals surface area contributed by atoms with Crippen molar-refractivity contribution in [3.63, 3.8) is 0 Å². The lowest BCUT2D eigenvalue weighted by Crippen LogP contribution is -2.50. The van der Waals surface area contributed by atoms with Crippen LogP contribution >= 0.6 is 0 Å². The molecule has 0 saturated carbocycles. The van der Waals surface area contributed by atoms with Gasteiger partial charge in [-0.25, -0.2) is 5.43 Å². The largest absolute Gasteiger partial charge is 0.497 e. The zero-order valence-corrected chi connectivity index (χ0v) is 10.2. The fraction of sp³-hybridized carbons (Fsp3) is 0.500. The molecule has 0 amide bonds. The predicted octanol–water partition coefficient (Wildman–Crippen LogP) is 0.238. The first-order valence-electron chi connectivity index (χ1n) is 5.88. The molecule has 2 rings (SSSR count). The van der Waals surface area contributed by atoms with Gasteiger partial charge in [0.05, 0.1) is 13.8 Å². The average molecular weight is 236 g/mol. The van der Waals surface area contributed by atoms with Crippen LogP contribution in [0.1, 0.15) is 0 Å². The van der Waals surface area contributed by atoms with Crippen molar-refractivity contribution >= 4 is 5.69 Å². The number of nitrogens with one attached hydrogen (secondary N) is 1. The highest BCUT2D eigenvalue weighted by molar-refractivity contribution is 5.49. The maximum atomic E-state index is 5.32. The summed E-state index contributed by atoms with van der Waals surface area (Å²) in [6.07, 6.45) is 0. The average Bonchev–Trinajstić information content (AvgIpc) is 2.40. The Morgan fingerprint density at radius 1 is 1.18 bits per heavy atom. The summed E-state index contributed by atoms with van der Waals surface area (Å²) < 4.78 is 5.16. The van der Waals surface area contributed by atoms with Crippen molar-refractivity contribution in [1.82, 2.24) is 10.3 Å². The lowest BCUT2D eigenvalue weighted by Gasteiger charge is -2.35. The first kappa shape index (κ1) is 12.2. The number of methoxy groups -OCH3 is 1. The van der Waals surface area contributed by atoms with Crippen LogP contribution < -0.4 is 20.9 Å². The highest BCUT2D eigenvalue weighted by atomic mass is 16.5. The van der Waals surface area contributed by atoms with Gasteiger partial charge in [-0.3, -0.25) is 10.7 Å². The van der Waals surface area contributed by atoms with Gasteiger partial charge in [0, 0.05) is 31.9 Å². The van der Waals surface area contributed by atoms with Gasteiger partial charge < -0.3 is 9.64 Å². The summed E-state index contributed by atoms with van der Waals surface area (Å²) in [6, 6.07) is 8.22. The Balaban J connectivity index is 1.91. The number of ether oxygens (including phenoxy) is 1. The lowest BCUT2D eigenvalue weighted by atomic mass is 10.2. The minimum atomic E-state index is 0.760. The number of nitrogens with two attached hydrogens (primary N) is 1. The normalized spacial score (nSPS) is 17.2. The molecule has 1 aliphatic heterocycles. The van der Waals surface area contributed by atoms with E-state index in [-0.39, 0.29) is 0 Å². The van der Waals surface area contributed by atoms with E-state index >= 15 is 0 Å². The molecular formula is C12H20N4O. The number of hydrogen-bond acceptors (Lipinski definition) is 5. The first-order chi connectivity index (χ1) is 8.33. The predicted molar refractivity (Wildman–Crippen MR) is 69.0 cm³/mol. The second-order valence-electron chi connectivity index (χ2n) is 4.17. The van der Waals surface area contributed by atoms with Crippen LogP contribution in [-0.4, -0.2) is 44.9 Å². The van der Waals surface area contributed by atoms with Crippen LogP contribution in [0, 0.1) is 0 Å².